The number of carbonyl (C=O) groups excluding carboxylic acids is 1. The van der Waals surface area contributed by atoms with Crippen LogP contribution >= 0.6 is 23.2 Å². The Morgan fingerprint density at radius 1 is 0.970 bits per heavy atom. The van der Waals surface area contributed by atoms with E-state index in [2.05, 4.69) is 4.90 Å². The third-order valence-electron chi connectivity index (χ3n) is 5.79. The molecule has 0 bridgehead atoms. The largest absolute Gasteiger partial charge is 0.496 e. The minimum atomic E-state index is 0.00647. The number of hydrogen-bond acceptors (Lipinski definition) is 4. The molecule has 0 unspecified atom stereocenters. The number of amides is 1. The lowest BCUT2D eigenvalue weighted by atomic mass is 10.1. The fourth-order valence-electron chi connectivity index (χ4n) is 3.92. The molecule has 1 fully saturated rings. The van der Waals surface area contributed by atoms with Crippen LogP contribution < -0.4 is 14.4 Å². The van der Waals surface area contributed by atoms with Crippen molar-refractivity contribution in [2.75, 3.05) is 38.2 Å². The van der Waals surface area contributed by atoms with Gasteiger partial charge in [0.1, 0.15) is 18.1 Å². The molecule has 0 saturated carbocycles. The molecule has 0 spiro atoms. The first-order valence-electron chi connectivity index (χ1n) is 10.8. The van der Waals surface area contributed by atoms with Gasteiger partial charge in [0.25, 0.3) is 5.91 Å². The maximum Gasteiger partial charge on any atom is 0.253 e. The second-order valence-electron chi connectivity index (χ2n) is 7.99. The van der Waals surface area contributed by atoms with Gasteiger partial charge in [-0.25, -0.2) is 0 Å². The molecule has 1 saturated heterocycles. The molecule has 0 atom stereocenters. The fraction of sp³-hybridized carbons (Fsp3) is 0.269. The van der Waals surface area contributed by atoms with Crippen molar-refractivity contribution in [3.63, 3.8) is 0 Å². The summed E-state index contributed by atoms with van der Waals surface area (Å²) in [4.78, 5) is 17.3. The van der Waals surface area contributed by atoms with E-state index < -0.39 is 0 Å². The smallest absolute Gasteiger partial charge is 0.253 e. The van der Waals surface area contributed by atoms with Gasteiger partial charge in [0.15, 0.2) is 0 Å². The first-order chi connectivity index (χ1) is 15.9. The zero-order valence-corrected chi connectivity index (χ0v) is 20.2. The van der Waals surface area contributed by atoms with Gasteiger partial charge in [-0.1, -0.05) is 29.3 Å². The quantitative estimate of drug-likeness (QED) is 0.439. The first-order valence-corrected chi connectivity index (χ1v) is 11.6. The predicted octanol–water partition coefficient (Wildman–Crippen LogP) is 5.85. The first kappa shape index (κ1) is 23.3. The van der Waals surface area contributed by atoms with E-state index in [0.717, 1.165) is 29.9 Å². The fourth-order valence-corrected chi connectivity index (χ4v) is 4.22. The summed E-state index contributed by atoms with van der Waals surface area (Å²) >= 11 is 12.2. The summed E-state index contributed by atoms with van der Waals surface area (Å²) < 4.78 is 11.4. The summed E-state index contributed by atoms with van der Waals surface area (Å²) in [6, 6.07) is 18.8. The van der Waals surface area contributed by atoms with Crippen LogP contribution in [0.4, 0.5) is 5.69 Å². The van der Waals surface area contributed by atoms with Crippen LogP contribution in [0.5, 0.6) is 11.5 Å². The molecule has 4 rings (SSSR count). The van der Waals surface area contributed by atoms with Crippen LogP contribution in [0.1, 0.15) is 21.5 Å². The number of hydrogen-bond donors (Lipinski definition) is 0. The molecule has 0 aromatic heterocycles. The van der Waals surface area contributed by atoms with E-state index >= 15 is 0 Å². The van der Waals surface area contributed by atoms with Crippen molar-refractivity contribution < 1.29 is 14.3 Å². The van der Waals surface area contributed by atoms with Gasteiger partial charge in [-0.2, -0.15) is 0 Å². The second-order valence-corrected chi connectivity index (χ2v) is 8.83. The number of anilines is 1. The van der Waals surface area contributed by atoms with Gasteiger partial charge in [-0.15, -0.1) is 0 Å². The van der Waals surface area contributed by atoms with Crippen LogP contribution in [-0.4, -0.2) is 44.1 Å². The average molecular weight is 485 g/mol. The van der Waals surface area contributed by atoms with E-state index in [-0.39, 0.29) is 12.5 Å². The maximum atomic E-state index is 13.2. The number of nitrogens with zero attached hydrogens (tertiary/aromatic N) is 2. The normalized spacial score (nSPS) is 13.7. The van der Waals surface area contributed by atoms with Crippen molar-refractivity contribution in [2.45, 2.75) is 13.5 Å². The van der Waals surface area contributed by atoms with Crippen molar-refractivity contribution in [3.05, 3.63) is 87.4 Å². The maximum absolute atomic E-state index is 13.2. The highest BCUT2D eigenvalue weighted by Gasteiger charge is 2.23. The number of methoxy groups -OCH3 is 1. The monoisotopic (exact) mass is 484 g/mol. The molecule has 0 radical (unpaired) electrons. The molecule has 1 heterocycles. The predicted molar refractivity (Wildman–Crippen MR) is 133 cm³/mol. The Labute approximate surface area is 204 Å². The third-order valence-corrected chi connectivity index (χ3v) is 6.45. The summed E-state index contributed by atoms with van der Waals surface area (Å²) in [5.74, 6) is 1.41. The van der Waals surface area contributed by atoms with Crippen molar-refractivity contribution in [1.29, 1.82) is 0 Å². The van der Waals surface area contributed by atoms with Gasteiger partial charge in [-0.3, -0.25) is 4.79 Å². The van der Waals surface area contributed by atoms with Gasteiger partial charge in [0.05, 0.1) is 7.11 Å². The molecule has 0 N–H and O–H groups in total. The van der Waals surface area contributed by atoms with E-state index in [1.807, 2.05) is 66.4 Å². The molecule has 1 aliphatic heterocycles. The highest BCUT2D eigenvalue weighted by Crippen LogP contribution is 2.26. The number of piperazine rings is 1. The molecule has 5 nitrogen and oxygen atoms in total. The molecule has 0 aliphatic carbocycles. The minimum Gasteiger partial charge on any atom is -0.496 e. The molecule has 33 heavy (non-hydrogen) atoms. The lowest BCUT2D eigenvalue weighted by molar-refractivity contribution is 0.0746. The number of ether oxygens (including phenoxy) is 2. The van der Waals surface area contributed by atoms with Crippen LogP contribution in [0, 0.1) is 6.92 Å². The summed E-state index contributed by atoms with van der Waals surface area (Å²) in [5.41, 5.74) is 3.46. The Balaban J connectivity index is 1.43. The Kier molecular flexibility index (Phi) is 7.31. The van der Waals surface area contributed by atoms with Crippen LogP contribution in [0.25, 0.3) is 0 Å². The van der Waals surface area contributed by atoms with Crippen molar-refractivity contribution in [2.24, 2.45) is 0 Å². The number of benzene rings is 3. The van der Waals surface area contributed by atoms with E-state index in [0.29, 0.717) is 40.2 Å². The average Bonchev–Trinajstić information content (AvgIpc) is 2.84. The van der Waals surface area contributed by atoms with E-state index in [1.165, 1.54) is 0 Å². The van der Waals surface area contributed by atoms with E-state index in [9.17, 15) is 4.79 Å². The number of aryl methyl sites for hydroxylation is 1. The highest BCUT2D eigenvalue weighted by molar-refractivity contribution is 6.31. The summed E-state index contributed by atoms with van der Waals surface area (Å²) in [7, 11) is 1.61. The lowest BCUT2D eigenvalue weighted by Crippen LogP contribution is -2.48. The van der Waals surface area contributed by atoms with Crippen LogP contribution in [0.2, 0.25) is 10.0 Å². The Hall–Kier alpha value is -2.89. The van der Waals surface area contributed by atoms with E-state index in [4.69, 9.17) is 32.7 Å². The summed E-state index contributed by atoms with van der Waals surface area (Å²) in [6.07, 6.45) is 0. The molecule has 1 aliphatic rings. The number of carbonyl (C=O) groups is 1. The number of halogens is 2. The van der Waals surface area contributed by atoms with Gasteiger partial charge in [-0.05, 0) is 67.1 Å². The van der Waals surface area contributed by atoms with Gasteiger partial charge in [0, 0.05) is 53.0 Å². The van der Waals surface area contributed by atoms with Crippen molar-refractivity contribution in [3.8, 4) is 11.5 Å². The van der Waals surface area contributed by atoms with Crippen molar-refractivity contribution >= 4 is 34.8 Å². The Morgan fingerprint density at radius 2 is 1.76 bits per heavy atom. The van der Waals surface area contributed by atoms with Crippen LogP contribution in [-0.2, 0) is 6.61 Å². The molecule has 1 amide bonds. The molecule has 172 valence electrons. The Morgan fingerprint density at radius 3 is 2.45 bits per heavy atom. The zero-order valence-electron chi connectivity index (χ0n) is 18.7. The zero-order chi connectivity index (χ0) is 23.4. The molecule has 3 aromatic carbocycles. The topological polar surface area (TPSA) is 42.0 Å². The SMILES string of the molecule is COc1ccc(C(=O)N2CCN(c3cccc(Cl)c3)CC2)cc1COc1ccc(Cl)c(C)c1. The molecular formula is C26H26Cl2N2O3. The van der Waals surface area contributed by atoms with Gasteiger partial charge >= 0.3 is 0 Å². The van der Waals surface area contributed by atoms with Crippen LogP contribution in [0.3, 0.4) is 0 Å². The lowest BCUT2D eigenvalue weighted by Gasteiger charge is -2.36. The summed E-state index contributed by atoms with van der Waals surface area (Å²) in [5, 5.41) is 1.41. The third kappa shape index (κ3) is 5.55. The number of rotatable bonds is 6. The van der Waals surface area contributed by atoms with Crippen LogP contribution in [0.15, 0.2) is 60.7 Å². The molecular weight excluding hydrogens is 459 g/mol. The van der Waals surface area contributed by atoms with Gasteiger partial charge in [0.2, 0.25) is 0 Å². The molecule has 3 aromatic rings. The molecule has 7 heteroatoms. The summed E-state index contributed by atoms with van der Waals surface area (Å²) in [6.45, 7) is 5.03. The van der Waals surface area contributed by atoms with E-state index in [1.54, 1.807) is 13.2 Å². The minimum absolute atomic E-state index is 0.00647. The van der Waals surface area contributed by atoms with Gasteiger partial charge < -0.3 is 19.3 Å². The highest BCUT2D eigenvalue weighted by atomic mass is 35.5. The Bertz CT molecular complexity index is 1140. The van der Waals surface area contributed by atoms with Crippen molar-refractivity contribution in [1.82, 2.24) is 4.90 Å². The second kappa shape index (κ2) is 10.4. The standard InChI is InChI=1S/C26H26Cl2N2O3/c1-18-14-23(7-8-24(18)28)33-17-20-15-19(6-9-25(20)32-2)26(31)30-12-10-29(11-13-30)22-5-3-4-21(27)16-22/h3-9,14-16H,10-13,17H2,1-2H3.